The van der Waals surface area contributed by atoms with Crippen LogP contribution in [-0.4, -0.2) is 90.7 Å². The molecule has 1 fully saturated rings. The zero-order valence-electron chi connectivity index (χ0n) is 23.3. The first kappa shape index (κ1) is 34.2. The predicted octanol–water partition coefficient (Wildman–Crippen LogP) is 2.12. The van der Waals surface area contributed by atoms with Crippen molar-refractivity contribution in [3.05, 3.63) is 0 Å². The van der Waals surface area contributed by atoms with E-state index in [0.29, 0.717) is 6.42 Å². The van der Waals surface area contributed by atoms with E-state index >= 15 is 0 Å². The van der Waals surface area contributed by atoms with Crippen LogP contribution in [0.2, 0.25) is 0 Å². The van der Waals surface area contributed by atoms with Crippen molar-refractivity contribution in [2.75, 3.05) is 20.8 Å². The Morgan fingerprint density at radius 1 is 0.816 bits per heavy atom. The van der Waals surface area contributed by atoms with Crippen LogP contribution in [0.1, 0.15) is 96.8 Å². The highest BCUT2D eigenvalue weighted by atomic mass is 16.7. The second kappa shape index (κ2) is 20.2. The predicted molar refractivity (Wildman–Crippen MR) is 139 cm³/mol. The Bertz CT molecular complexity index is 658. The smallest absolute Gasteiger partial charge is 0.308 e. The average molecular weight is 548 g/mol. The number of rotatable bonds is 20. The lowest BCUT2D eigenvalue weighted by molar-refractivity contribution is -0.282. The Morgan fingerprint density at radius 2 is 1.32 bits per heavy atom. The maximum Gasteiger partial charge on any atom is 0.308 e. The highest BCUT2D eigenvalue weighted by molar-refractivity contribution is 5.76. The molecular weight excluding hydrogens is 498 g/mol. The fraction of sp³-hybridized carbons (Fsp3) is 0.889. The number of ether oxygens (including phenoxy) is 4. The van der Waals surface area contributed by atoms with E-state index in [4.69, 9.17) is 9.47 Å². The minimum absolute atomic E-state index is 0.222. The number of aliphatic hydroxyl groups excluding tert-OH is 3. The first-order valence-electron chi connectivity index (χ1n) is 14.0. The van der Waals surface area contributed by atoms with Gasteiger partial charge in [-0.3, -0.25) is 14.4 Å². The zero-order valence-corrected chi connectivity index (χ0v) is 23.3. The number of carbonyl (C=O) groups excluding carboxylic acids is 3. The molecule has 0 saturated carbocycles. The number of aliphatic hydroxyl groups is 3. The van der Waals surface area contributed by atoms with Gasteiger partial charge in [-0.1, -0.05) is 71.1 Å². The van der Waals surface area contributed by atoms with Gasteiger partial charge in [0, 0.05) is 6.42 Å². The van der Waals surface area contributed by atoms with Crippen molar-refractivity contribution in [2.24, 2.45) is 0 Å². The molecule has 1 heterocycles. The number of unbranched alkanes of at least 4 members (excludes halogenated alkanes) is 10. The topological polar surface area (TPSA) is 161 Å². The van der Waals surface area contributed by atoms with Crippen LogP contribution in [0.4, 0.5) is 0 Å². The van der Waals surface area contributed by atoms with Crippen LogP contribution in [0.3, 0.4) is 0 Å². The Hall–Kier alpha value is -1.79. The molecule has 5 atom stereocenters. The summed E-state index contributed by atoms with van der Waals surface area (Å²) in [6, 6.07) is -1.19. The van der Waals surface area contributed by atoms with Gasteiger partial charge in [-0.15, -0.1) is 0 Å². The molecule has 0 aromatic carbocycles. The van der Waals surface area contributed by atoms with Crippen LogP contribution >= 0.6 is 0 Å². The highest BCUT2D eigenvalue weighted by Crippen LogP contribution is 2.25. The number of methoxy groups -OCH3 is 2. The van der Waals surface area contributed by atoms with Crippen LogP contribution in [-0.2, 0) is 33.3 Å². The molecule has 1 amide bonds. The summed E-state index contributed by atoms with van der Waals surface area (Å²) < 4.78 is 20.7. The van der Waals surface area contributed by atoms with Gasteiger partial charge in [0.15, 0.2) is 6.29 Å². The molecule has 0 bridgehead atoms. The fourth-order valence-corrected chi connectivity index (χ4v) is 4.46. The van der Waals surface area contributed by atoms with Gasteiger partial charge in [-0.05, 0) is 6.42 Å². The summed E-state index contributed by atoms with van der Waals surface area (Å²) in [4.78, 5) is 36.3. The molecule has 0 spiro atoms. The molecule has 11 nitrogen and oxygen atoms in total. The van der Waals surface area contributed by atoms with Crippen molar-refractivity contribution in [3.8, 4) is 0 Å². The lowest BCUT2D eigenvalue weighted by Gasteiger charge is -2.43. The van der Waals surface area contributed by atoms with Crippen molar-refractivity contribution in [1.29, 1.82) is 0 Å². The SMILES string of the molecule is CCCCCCCCCCCCCC(=O)N[C@H]1[C@H](OC(CC(=O)OC)CC(=O)OC)O[C@H](CO)[C@@H](O)[C@@H]1O. The monoisotopic (exact) mass is 547 g/mol. The molecular formula is C27H49NO10. The Morgan fingerprint density at radius 3 is 1.79 bits per heavy atom. The van der Waals surface area contributed by atoms with Crippen LogP contribution < -0.4 is 5.32 Å². The number of carbonyl (C=O) groups is 3. The number of amides is 1. The second-order valence-electron chi connectivity index (χ2n) is 9.90. The van der Waals surface area contributed by atoms with Gasteiger partial charge in [0.05, 0.1) is 39.8 Å². The third kappa shape index (κ3) is 13.3. The number of hydrogen-bond acceptors (Lipinski definition) is 10. The quantitative estimate of drug-likeness (QED) is 0.131. The summed E-state index contributed by atoms with van der Waals surface area (Å²) in [6.07, 6.45) is 5.69. The normalized spacial score (nSPS) is 23.3. The Labute approximate surface area is 226 Å². The Kier molecular flexibility index (Phi) is 18.2. The summed E-state index contributed by atoms with van der Waals surface area (Å²) in [6.45, 7) is 1.60. The van der Waals surface area contributed by atoms with E-state index < -0.39 is 55.3 Å². The number of esters is 2. The molecule has 0 aliphatic carbocycles. The van der Waals surface area contributed by atoms with E-state index in [-0.39, 0.29) is 25.2 Å². The van der Waals surface area contributed by atoms with Gasteiger partial charge < -0.3 is 39.6 Å². The molecule has 1 saturated heterocycles. The molecule has 4 N–H and O–H groups in total. The van der Waals surface area contributed by atoms with Gasteiger partial charge in [0.1, 0.15) is 24.4 Å². The van der Waals surface area contributed by atoms with Crippen LogP contribution in [0.25, 0.3) is 0 Å². The summed E-state index contributed by atoms with van der Waals surface area (Å²) in [5.74, 6) is -1.65. The van der Waals surface area contributed by atoms with E-state index in [0.717, 1.165) is 19.3 Å². The maximum absolute atomic E-state index is 12.6. The standard InChI is InChI=1S/C27H49NO10/c1-4-5-6-7-8-9-10-11-12-13-14-15-21(30)28-24-26(34)25(33)20(18-29)38-27(24)37-19(16-22(31)35-2)17-23(32)36-3/h19-20,24-27,29,33-34H,4-18H2,1-3H3,(H,28,30)/t20-,24-,25-,26-,27-/m1/s1. The summed E-state index contributed by atoms with van der Waals surface area (Å²) in [7, 11) is 2.38. The van der Waals surface area contributed by atoms with Gasteiger partial charge in [0.25, 0.3) is 0 Å². The van der Waals surface area contributed by atoms with Gasteiger partial charge in [-0.2, -0.15) is 0 Å². The van der Waals surface area contributed by atoms with E-state index in [1.807, 2.05) is 0 Å². The minimum Gasteiger partial charge on any atom is -0.469 e. The average Bonchev–Trinajstić information content (AvgIpc) is 2.90. The highest BCUT2D eigenvalue weighted by Gasteiger charge is 2.46. The molecule has 1 rings (SSSR count). The van der Waals surface area contributed by atoms with Crippen molar-refractivity contribution in [2.45, 2.75) is 134 Å². The van der Waals surface area contributed by atoms with Gasteiger partial charge in [-0.25, -0.2) is 0 Å². The lowest BCUT2D eigenvalue weighted by Crippen LogP contribution is -2.65. The zero-order chi connectivity index (χ0) is 28.3. The van der Waals surface area contributed by atoms with E-state index in [9.17, 15) is 29.7 Å². The van der Waals surface area contributed by atoms with E-state index in [1.165, 1.54) is 59.2 Å². The summed E-state index contributed by atoms with van der Waals surface area (Å²) in [5.41, 5.74) is 0. The molecule has 0 unspecified atom stereocenters. The van der Waals surface area contributed by atoms with Crippen molar-refractivity contribution >= 4 is 17.8 Å². The van der Waals surface area contributed by atoms with Gasteiger partial charge in [0.2, 0.25) is 5.91 Å². The summed E-state index contributed by atoms with van der Waals surface area (Å²) in [5, 5.41) is 33.2. The first-order valence-corrected chi connectivity index (χ1v) is 14.0. The number of nitrogens with one attached hydrogen (secondary N) is 1. The lowest BCUT2D eigenvalue weighted by atomic mass is 9.96. The molecule has 1 aliphatic heterocycles. The third-order valence-corrected chi connectivity index (χ3v) is 6.79. The molecule has 11 heteroatoms. The van der Waals surface area contributed by atoms with Crippen molar-refractivity contribution in [3.63, 3.8) is 0 Å². The second-order valence-corrected chi connectivity index (χ2v) is 9.90. The van der Waals surface area contributed by atoms with E-state index in [1.54, 1.807) is 0 Å². The molecule has 0 aromatic rings. The third-order valence-electron chi connectivity index (χ3n) is 6.79. The first-order chi connectivity index (χ1) is 18.3. The molecule has 0 aromatic heterocycles. The molecule has 222 valence electrons. The fourth-order valence-electron chi connectivity index (χ4n) is 4.46. The van der Waals surface area contributed by atoms with Crippen LogP contribution in [0, 0.1) is 0 Å². The van der Waals surface area contributed by atoms with Crippen LogP contribution in [0.5, 0.6) is 0 Å². The van der Waals surface area contributed by atoms with Crippen molar-refractivity contribution < 1.29 is 48.7 Å². The maximum atomic E-state index is 12.6. The number of hydrogen-bond donors (Lipinski definition) is 4. The van der Waals surface area contributed by atoms with Crippen molar-refractivity contribution in [1.82, 2.24) is 5.32 Å². The molecule has 0 radical (unpaired) electrons. The van der Waals surface area contributed by atoms with Gasteiger partial charge >= 0.3 is 11.9 Å². The minimum atomic E-state index is -1.51. The van der Waals surface area contributed by atoms with Crippen LogP contribution in [0.15, 0.2) is 0 Å². The largest absolute Gasteiger partial charge is 0.469 e. The molecule has 1 aliphatic rings. The Balaban J connectivity index is 2.60. The summed E-state index contributed by atoms with van der Waals surface area (Å²) >= 11 is 0. The molecule has 38 heavy (non-hydrogen) atoms. The van der Waals surface area contributed by atoms with E-state index in [2.05, 4.69) is 21.7 Å².